The summed E-state index contributed by atoms with van der Waals surface area (Å²) in [4.78, 5) is 41.6. The van der Waals surface area contributed by atoms with Crippen molar-refractivity contribution in [3.63, 3.8) is 0 Å². The van der Waals surface area contributed by atoms with Crippen LogP contribution in [0.4, 0.5) is 10.1 Å². The molecule has 0 unspecified atom stereocenters. The molecule has 1 N–H and O–H groups in total. The van der Waals surface area contributed by atoms with E-state index in [-0.39, 0.29) is 5.69 Å². The van der Waals surface area contributed by atoms with Crippen LogP contribution >= 0.6 is 23.2 Å². The summed E-state index contributed by atoms with van der Waals surface area (Å²) in [5.41, 5.74) is 0.209. The van der Waals surface area contributed by atoms with Gasteiger partial charge in [0.05, 0.1) is 30.2 Å². The van der Waals surface area contributed by atoms with Crippen LogP contribution in [0.15, 0.2) is 72.8 Å². The molecule has 0 spiro atoms. The number of esters is 1. The molecule has 0 saturated carbocycles. The lowest BCUT2D eigenvalue weighted by Crippen LogP contribution is -2.51. The molecule has 3 aromatic rings. The summed E-state index contributed by atoms with van der Waals surface area (Å²) in [5.74, 6) is -4.33. The molecule has 5 rings (SSSR count). The van der Waals surface area contributed by atoms with Crippen molar-refractivity contribution in [2.24, 2.45) is 11.8 Å². The van der Waals surface area contributed by atoms with Gasteiger partial charge in [0.25, 0.3) is 0 Å². The van der Waals surface area contributed by atoms with Gasteiger partial charge in [0, 0.05) is 10.0 Å². The molecule has 3 aromatic carbocycles. The molecule has 6 nitrogen and oxygen atoms in total. The second-order valence-corrected chi connectivity index (χ2v) is 9.33. The molecule has 0 bridgehead atoms. The van der Waals surface area contributed by atoms with Crippen LogP contribution in [0.3, 0.4) is 0 Å². The normalized spacial score (nSPS) is 22.9. The molecule has 2 aliphatic rings. The number of rotatable bonds is 4. The molecule has 0 aliphatic carbocycles. The largest absolute Gasteiger partial charge is 0.468 e. The molecule has 0 radical (unpaired) electrons. The van der Waals surface area contributed by atoms with E-state index in [1.165, 1.54) is 31.4 Å². The Kier molecular flexibility index (Phi) is 5.87. The maximum Gasteiger partial charge on any atom is 0.323 e. The van der Waals surface area contributed by atoms with Crippen LogP contribution in [0, 0.1) is 17.7 Å². The molecule has 178 valence electrons. The van der Waals surface area contributed by atoms with E-state index in [0.29, 0.717) is 21.2 Å². The Balaban J connectivity index is 1.75. The summed E-state index contributed by atoms with van der Waals surface area (Å²) in [6, 6.07) is 17.7. The zero-order valence-corrected chi connectivity index (χ0v) is 19.9. The summed E-state index contributed by atoms with van der Waals surface area (Å²) < 4.78 is 18.6. The van der Waals surface area contributed by atoms with Gasteiger partial charge in [-0.2, -0.15) is 0 Å². The number of imide groups is 1. The summed E-state index contributed by atoms with van der Waals surface area (Å²) >= 11 is 12.3. The number of carbonyl (C=O) groups is 3. The Morgan fingerprint density at radius 3 is 1.89 bits per heavy atom. The minimum Gasteiger partial charge on any atom is -0.468 e. The van der Waals surface area contributed by atoms with E-state index in [4.69, 9.17) is 27.9 Å². The third-order valence-corrected chi connectivity index (χ3v) is 7.20. The lowest BCUT2D eigenvalue weighted by Gasteiger charge is -2.36. The van der Waals surface area contributed by atoms with Gasteiger partial charge in [-0.3, -0.25) is 19.7 Å². The number of methoxy groups -OCH3 is 1. The fourth-order valence-corrected chi connectivity index (χ4v) is 5.45. The smallest absolute Gasteiger partial charge is 0.323 e. The van der Waals surface area contributed by atoms with Crippen molar-refractivity contribution < 1.29 is 23.5 Å². The van der Waals surface area contributed by atoms with Crippen molar-refractivity contribution in [3.8, 4) is 0 Å². The quantitative estimate of drug-likeness (QED) is 0.416. The highest BCUT2D eigenvalue weighted by Crippen LogP contribution is 2.52. The Morgan fingerprint density at radius 1 is 0.886 bits per heavy atom. The number of anilines is 1. The zero-order valence-electron chi connectivity index (χ0n) is 18.4. The zero-order chi connectivity index (χ0) is 24.9. The van der Waals surface area contributed by atoms with Gasteiger partial charge in [-0.15, -0.1) is 0 Å². The predicted molar refractivity (Wildman–Crippen MR) is 128 cm³/mol. The molecule has 2 aliphatic heterocycles. The predicted octanol–water partition coefficient (Wildman–Crippen LogP) is 4.33. The third kappa shape index (κ3) is 3.62. The number of benzene rings is 3. The molecule has 35 heavy (non-hydrogen) atoms. The van der Waals surface area contributed by atoms with Crippen molar-refractivity contribution >= 4 is 46.7 Å². The minimum absolute atomic E-state index is 0.223. The van der Waals surface area contributed by atoms with Crippen LogP contribution in [0.1, 0.15) is 11.1 Å². The molecular formula is C26H19Cl2FN2O4. The fourth-order valence-electron chi connectivity index (χ4n) is 5.20. The highest BCUT2D eigenvalue weighted by Gasteiger charge is 2.68. The lowest BCUT2D eigenvalue weighted by molar-refractivity contribution is -0.145. The minimum atomic E-state index is -1.28. The van der Waals surface area contributed by atoms with E-state index in [1.54, 1.807) is 48.5 Å². The molecule has 2 amide bonds. The number of hydrogen-bond donors (Lipinski definition) is 1. The number of fused-ring (bicyclic) bond motifs is 1. The number of hydrogen-bond acceptors (Lipinski definition) is 5. The van der Waals surface area contributed by atoms with Crippen molar-refractivity contribution in [2.75, 3.05) is 12.0 Å². The second kappa shape index (κ2) is 8.75. The molecule has 9 heteroatoms. The SMILES string of the molecule is COC(=O)[C@@H]1NC(c2ccc(Cl)cc2)(c2ccc(Cl)cc2)[C@@H]2C(=O)N(c3ccc(F)cc3)C(=O)[C@@H]21. The number of halogens is 3. The van der Waals surface area contributed by atoms with Crippen LogP contribution in [-0.2, 0) is 24.7 Å². The number of amides is 2. The average Bonchev–Trinajstić information content (AvgIpc) is 3.35. The number of nitrogens with zero attached hydrogens (tertiary/aromatic N) is 1. The van der Waals surface area contributed by atoms with Crippen LogP contribution < -0.4 is 10.2 Å². The maximum absolute atomic E-state index is 14.0. The number of nitrogens with one attached hydrogen (secondary N) is 1. The Labute approximate surface area is 210 Å². The fraction of sp³-hybridized carbons (Fsp3) is 0.192. The molecule has 0 aromatic heterocycles. The van der Waals surface area contributed by atoms with Crippen LogP contribution in [0.2, 0.25) is 10.0 Å². The monoisotopic (exact) mass is 512 g/mol. The van der Waals surface area contributed by atoms with Crippen LogP contribution in [0.5, 0.6) is 0 Å². The summed E-state index contributed by atoms with van der Waals surface area (Å²) in [6.07, 6.45) is 0. The Bertz CT molecular complexity index is 1270. The Morgan fingerprint density at radius 2 is 1.40 bits per heavy atom. The number of carbonyl (C=O) groups excluding carboxylic acids is 3. The first kappa shape index (κ1) is 23.5. The van der Waals surface area contributed by atoms with Gasteiger partial charge in [-0.05, 0) is 59.7 Å². The second-order valence-electron chi connectivity index (χ2n) is 8.46. The van der Waals surface area contributed by atoms with Gasteiger partial charge in [-0.1, -0.05) is 47.5 Å². The van der Waals surface area contributed by atoms with E-state index >= 15 is 0 Å². The van der Waals surface area contributed by atoms with Gasteiger partial charge in [0.2, 0.25) is 11.8 Å². The van der Waals surface area contributed by atoms with E-state index in [0.717, 1.165) is 4.90 Å². The first-order valence-electron chi connectivity index (χ1n) is 10.8. The van der Waals surface area contributed by atoms with Crippen LogP contribution in [0.25, 0.3) is 0 Å². The van der Waals surface area contributed by atoms with E-state index in [1.807, 2.05) is 0 Å². The summed E-state index contributed by atoms with van der Waals surface area (Å²) in [7, 11) is 1.22. The van der Waals surface area contributed by atoms with Crippen molar-refractivity contribution in [1.29, 1.82) is 0 Å². The van der Waals surface area contributed by atoms with Gasteiger partial charge in [-0.25, -0.2) is 9.29 Å². The molecule has 2 heterocycles. The molecule has 2 saturated heterocycles. The van der Waals surface area contributed by atoms with Gasteiger partial charge in [0.15, 0.2) is 0 Å². The van der Waals surface area contributed by atoms with Crippen molar-refractivity contribution in [1.82, 2.24) is 5.32 Å². The van der Waals surface area contributed by atoms with E-state index in [2.05, 4.69) is 5.32 Å². The summed E-state index contributed by atoms with van der Waals surface area (Å²) in [5, 5.41) is 4.26. The summed E-state index contributed by atoms with van der Waals surface area (Å²) in [6.45, 7) is 0. The molecule has 2 fully saturated rings. The topological polar surface area (TPSA) is 75.7 Å². The lowest BCUT2D eigenvalue weighted by atomic mass is 9.72. The number of ether oxygens (including phenoxy) is 1. The first-order valence-corrected chi connectivity index (χ1v) is 11.5. The van der Waals surface area contributed by atoms with Crippen molar-refractivity contribution in [3.05, 3.63) is 99.8 Å². The molecule has 3 atom stereocenters. The first-order chi connectivity index (χ1) is 16.8. The third-order valence-electron chi connectivity index (χ3n) is 6.70. The van der Waals surface area contributed by atoms with Gasteiger partial charge in [0.1, 0.15) is 11.9 Å². The maximum atomic E-state index is 14.0. The van der Waals surface area contributed by atoms with Gasteiger partial charge < -0.3 is 4.74 Å². The highest BCUT2D eigenvalue weighted by molar-refractivity contribution is 6.31. The molecular weight excluding hydrogens is 494 g/mol. The average molecular weight is 513 g/mol. The van der Waals surface area contributed by atoms with Crippen molar-refractivity contribution in [2.45, 2.75) is 11.6 Å². The van der Waals surface area contributed by atoms with E-state index in [9.17, 15) is 18.8 Å². The van der Waals surface area contributed by atoms with Crippen LogP contribution in [-0.4, -0.2) is 30.9 Å². The Hall–Kier alpha value is -3.26. The standard InChI is InChI=1S/C26H19Cl2FN2O4/c1-35-25(34)22-20-21(24(33)31(23(20)32)19-12-10-18(29)11-13-19)26(30-22,14-2-6-16(27)7-3-14)15-4-8-17(28)9-5-15/h2-13,20-22,30H,1H3/t20-,21-,22+/m0/s1. The highest BCUT2D eigenvalue weighted by atomic mass is 35.5. The van der Waals surface area contributed by atoms with Gasteiger partial charge >= 0.3 is 5.97 Å². The van der Waals surface area contributed by atoms with E-state index < -0.39 is 47.0 Å².